The molecule has 1 aliphatic heterocycles. The molecule has 0 saturated carbocycles. The molecule has 25 heavy (non-hydrogen) atoms. The molecule has 0 amide bonds. The quantitative estimate of drug-likeness (QED) is 0.744. The Morgan fingerprint density at radius 1 is 1.04 bits per heavy atom. The summed E-state index contributed by atoms with van der Waals surface area (Å²) in [4.78, 5) is 15.8. The van der Waals surface area contributed by atoms with E-state index in [-0.39, 0.29) is 5.63 Å². The molecule has 2 heterocycles. The topological polar surface area (TPSA) is 37.9 Å². The molecule has 1 aliphatic rings. The van der Waals surface area contributed by atoms with E-state index in [0.717, 1.165) is 43.7 Å². The van der Waals surface area contributed by atoms with Crippen LogP contribution in [0, 0.1) is 6.92 Å². The van der Waals surface area contributed by atoms with E-state index in [0.29, 0.717) is 5.58 Å². The molecule has 4 nitrogen and oxygen atoms in total. The van der Waals surface area contributed by atoms with Crippen LogP contribution in [0.1, 0.15) is 11.1 Å². The Labute approximate surface area is 147 Å². The van der Waals surface area contributed by atoms with Crippen molar-refractivity contribution in [3.8, 4) is 0 Å². The van der Waals surface area contributed by atoms with Crippen LogP contribution in [-0.4, -0.2) is 26.2 Å². The van der Waals surface area contributed by atoms with Crippen molar-refractivity contribution in [3.63, 3.8) is 0 Å². The molecule has 0 atom stereocenters. The molecule has 0 unspecified atom stereocenters. The number of benzene rings is 2. The molecule has 1 N–H and O–H groups in total. The van der Waals surface area contributed by atoms with Gasteiger partial charge in [0.1, 0.15) is 12.1 Å². The molecule has 1 saturated heterocycles. The third kappa shape index (κ3) is 3.44. The van der Waals surface area contributed by atoms with Gasteiger partial charge in [-0.15, -0.1) is 0 Å². The molecule has 0 spiro atoms. The number of hydrogen-bond acceptors (Lipinski definition) is 3. The summed E-state index contributed by atoms with van der Waals surface area (Å²) in [6.45, 7) is 7.16. The number of nitrogens with one attached hydrogen (secondary N) is 1. The lowest BCUT2D eigenvalue weighted by Crippen LogP contribution is -3.13. The maximum Gasteiger partial charge on any atom is 0.336 e. The van der Waals surface area contributed by atoms with Gasteiger partial charge in [-0.05, 0) is 31.2 Å². The number of fused-ring (bicyclic) bond motifs is 1. The van der Waals surface area contributed by atoms with Gasteiger partial charge in [0.2, 0.25) is 0 Å². The fourth-order valence-electron chi connectivity index (χ4n) is 3.65. The molecular weight excluding hydrogens is 312 g/mol. The van der Waals surface area contributed by atoms with Crippen LogP contribution in [0.25, 0.3) is 11.0 Å². The van der Waals surface area contributed by atoms with Gasteiger partial charge in [-0.1, -0.05) is 29.8 Å². The van der Waals surface area contributed by atoms with Crippen molar-refractivity contribution in [1.29, 1.82) is 0 Å². The van der Waals surface area contributed by atoms with Gasteiger partial charge in [-0.3, -0.25) is 0 Å². The van der Waals surface area contributed by atoms with Gasteiger partial charge in [0.25, 0.3) is 0 Å². The zero-order chi connectivity index (χ0) is 17.2. The van der Waals surface area contributed by atoms with E-state index in [1.54, 1.807) is 6.07 Å². The normalized spacial score (nSPS) is 15.6. The van der Waals surface area contributed by atoms with E-state index < -0.39 is 0 Å². The largest absolute Gasteiger partial charge is 0.423 e. The smallest absolute Gasteiger partial charge is 0.336 e. The number of aryl methyl sites for hydroxylation is 1. The van der Waals surface area contributed by atoms with E-state index in [1.807, 2.05) is 12.1 Å². The molecule has 0 bridgehead atoms. The Hall–Kier alpha value is -2.59. The first-order valence-corrected chi connectivity index (χ1v) is 8.86. The minimum atomic E-state index is -0.256. The minimum absolute atomic E-state index is 0.256. The molecule has 4 heteroatoms. The van der Waals surface area contributed by atoms with Crippen LogP contribution in [0.4, 0.5) is 5.69 Å². The van der Waals surface area contributed by atoms with Crippen LogP contribution in [0.3, 0.4) is 0 Å². The Kier molecular flexibility index (Phi) is 4.28. The molecule has 4 rings (SSSR count). The molecule has 1 fully saturated rings. The summed E-state index contributed by atoms with van der Waals surface area (Å²) in [7, 11) is 0. The standard InChI is InChI=1S/C21H22N2O2/c1-16-7-8-20-19(13-16)17(14-21(24)25-20)15-22-9-11-23(12-10-22)18-5-3-2-4-6-18/h2-8,13-14H,9-12,15H2,1H3/p+1. The SMILES string of the molecule is Cc1ccc2oc(=O)cc(C[NH+]3CCN(c4ccccc4)CC3)c2c1. The van der Waals surface area contributed by atoms with Gasteiger partial charge in [-0.2, -0.15) is 0 Å². The highest BCUT2D eigenvalue weighted by Gasteiger charge is 2.21. The summed E-state index contributed by atoms with van der Waals surface area (Å²) < 4.78 is 5.35. The Morgan fingerprint density at radius 3 is 2.56 bits per heavy atom. The van der Waals surface area contributed by atoms with Crippen LogP contribution in [0.2, 0.25) is 0 Å². The first-order valence-electron chi connectivity index (χ1n) is 8.86. The van der Waals surface area contributed by atoms with Crippen molar-refractivity contribution in [1.82, 2.24) is 0 Å². The molecule has 3 aromatic rings. The number of nitrogens with zero attached hydrogens (tertiary/aromatic N) is 1. The lowest BCUT2D eigenvalue weighted by atomic mass is 10.1. The van der Waals surface area contributed by atoms with Gasteiger partial charge < -0.3 is 14.2 Å². The van der Waals surface area contributed by atoms with Gasteiger partial charge >= 0.3 is 5.63 Å². The zero-order valence-corrected chi connectivity index (χ0v) is 14.5. The summed E-state index contributed by atoms with van der Waals surface area (Å²) in [6, 6.07) is 18.2. The van der Waals surface area contributed by atoms with Crippen LogP contribution in [0.5, 0.6) is 0 Å². The van der Waals surface area contributed by atoms with Crippen LogP contribution in [0.15, 0.2) is 63.8 Å². The Morgan fingerprint density at radius 2 is 1.80 bits per heavy atom. The highest BCUT2D eigenvalue weighted by atomic mass is 16.4. The molecule has 128 valence electrons. The monoisotopic (exact) mass is 335 g/mol. The second-order valence-electron chi connectivity index (χ2n) is 6.84. The van der Waals surface area contributed by atoms with Gasteiger partial charge in [0.15, 0.2) is 0 Å². The number of quaternary nitrogens is 1. The lowest BCUT2D eigenvalue weighted by molar-refractivity contribution is -0.914. The predicted octanol–water partition coefficient (Wildman–Crippen LogP) is 2.01. The van der Waals surface area contributed by atoms with E-state index >= 15 is 0 Å². The molecule has 2 aromatic carbocycles. The van der Waals surface area contributed by atoms with Gasteiger partial charge in [-0.25, -0.2) is 4.79 Å². The zero-order valence-electron chi connectivity index (χ0n) is 14.5. The van der Waals surface area contributed by atoms with E-state index in [1.165, 1.54) is 16.2 Å². The molecular formula is C21H23N2O2+. The van der Waals surface area contributed by atoms with Crippen LogP contribution < -0.4 is 15.4 Å². The summed E-state index contributed by atoms with van der Waals surface area (Å²) >= 11 is 0. The maximum absolute atomic E-state index is 11.9. The Bertz CT molecular complexity index is 926. The second-order valence-corrected chi connectivity index (χ2v) is 6.84. The first-order chi connectivity index (χ1) is 12.2. The van der Waals surface area contributed by atoms with Crippen molar-refractivity contribution >= 4 is 16.7 Å². The molecule has 1 aromatic heterocycles. The summed E-state index contributed by atoms with van der Waals surface area (Å²) in [5, 5.41) is 1.07. The molecule has 0 aliphatic carbocycles. The van der Waals surface area contributed by atoms with Crippen molar-refractivity contribution in [2.45, 2.75) is 13.5 Å². The summed E-state index contributed by atoms with van der Waals surface area (Å²) in [5.74, 6) is 0. The van der Waals surface area contributed by atoms with E-state index in [4.69, 9.17) is 4.42 Å². The first kappa shape index (κ1) is 15.9. The predicted molar refractivity (Wildman–Crippen MR) is 100 cm³/mol. The van der Waals surface area contributed by atoms with E-state index in [9.17, 15) is 4.79 Å². The lowest BCUT2D eigenvalue weighted by Gasteiger charge is -2.33. The Balaban J connectivity index is 1.51. The van der Waals surface area contributed by atoms with Crippen molar-refractivity contribution in [3.05, 3.63) is 76.1 Å². The number of para-hydroxylation sites is 1. The summed E-state index contributed by atoms with van der Waals surface area (Å²) in [6.07, 6.45) is 0. The number of piperazine rings is 1. The second kappa shape index (κ2) is 6.73. The average Bonchev–Trinajstić information content (AvgIpc) is 2.64. The van der Waals surface area contributed by atoms with Crippen LogP contribution in [-0.2, 0) is 6.54 Å². The van der Waals surface area contributed by atoms with E-state index in [2.05, 4.69) is 48.2 Å². The third-order valence-corrected chi connectivity index (χ3v) is 5.02. The van der Waals surface area contributed by atoms with Crippen molar-refractivity contribution < 1.29 is 9.32 Å². The third-order valence-electron chi connectivity index (χ3n) is 5.02. The van der Waals surface area contributed by atoms with Crippen molar-refractivity contribution in [2.75, 3.05) is 31.1 Å². The van der Waals surface area contributed by atoms with Gasteiger partial charge in [0, 0.05) is 22.7 Å². The number of anilines is 1. The average molecular weight is 335 g/mol. The highest BCUT2D eigenvalue weighted by Crippen LogP contribution is 2.18. The maximum atomic E-state index is 11.9. The minimum Gasteiger partial charge on any atom is -0.423 e. The number of rotatable bonds is 3. The number of hydrogen-bond donors (Lipinski definition) is 1. The molecule has 0 radical (unpaired) electrons. The fraction of sp³-hybridized carbons (Fsp3) is 0.286. The summed E-state index contributed by atoms with van der Waals surface area (Å²) in [5.41, 5.74) is 4.01. The van der Waals surface area contributed by atoms with Gasteiger partial charge in [0.05, 0.1) is 26.2 Å². The van der Waals surface area contributed by atoms with Crippen LogP contribution >= 0.6 is 0 Å². The fourth-order valence-corrected chi connectivity index (χ4v) is 3.65. The highest BCUT2D eigenvalue weighted by molar-refractivity contribution is 5.80. The van der Waals surface area contributed by atoms with Crippen molar-refractivity contribution in [2.24, 2.45) is 0 Å².